The van der Waals surface area contributed by atoms with Crippen LogP contribution in [-0.4, -0.2) is 22.6 Å². The minimum atomic E-state index is 0.796. The average molecular weight is 217 g/mol. The number of para-hydroxylation sites is 2. The van der Waals surface area contributed by atoms with Crippen LogP contribution in [0.1, 0.15) is 25.6 Å². The van der Waals surface area contributed by atoms with Crippen molar-refractivity contribution in [2.24, 2.45) is 0 Å². The summed E-state index contributed by atoms with van der Waals surface area (Å²) in [6.45, 7) is 5.42. The van der Waals surface area contributed by atoms with Crippen LogP contribution in [0.4, 0.5) is 0 Å². The summed E-state index contributed by atoms with van der Waals surface area (Å²) < 4.78 is 0. The molecule has 1 aliphatic heterocycles. The molecule has 1 fully saturated rings. The number of benzene rings is 1. The van der Waals surface area contributed by atoms with E-state index in [0.29, 0.717) is 0 Å². The van der Waals surface area contributed by atoms with E-state index < -0.39 is 0 Å². The second kappa shape index (κ2) is 5.12. The monoisotopic (exact) mass is 217 g/mol. The first-order chi connectivity index (χ1) is 7.75. The van der Waals surface area contributed by atoms with Gasteiger partial charge in [-0.25, -0.2) is 4.98 Å². The van der Waals surface area contributed by atoms with Crippen LogP contribution < -0.4 is 5.32 Å². The second-order valence-corrected chi connectivity index (χ2v) is 4.34. The Hall–Kier alpha value is -1.35. The van der Waals surface area contributed by atoms with Crippen molar-refractivity contribution < 1.29 is 0 Å². The fourth-order valence-electron chi connectivity index (χ4n) is 1.94. The molecule has 0 amide bonds. The number of hydrogen-bond acceptors (Lipinski definition) is 2. The highest BCUT2D eigenvalue weighted by atomic mass is 14.9. The van der Waals surface area contributed by atoms with Gasteiger partial charge in [-0.3, -0.25) is 0 Å². The van der Waals surface area contributed by atoms with Crippen LogP contribution >= 0.6 is 0 Å². The van der Waals surface area contributed by atoms with Crippen LogP contribution in [0.25, 0.3) is 11.0 Å². The van der Waals surface area contributed by atoms with Crippen molar-refractivity contribution in [1.29, 1.82) is 0 Å². The van der Waals surface area contributed by atoms with Gasteiger partial charge < -0.3 is 10.3 Å². The van der Waals surface area contributed by atoms with Gasteiger partial charge in [-0.05, 0) is 45.4 Å². The van der Waals surface area contributed by atoms with Crippen molar-refractivity contribution in [2.45, 2.75) is 32.7 Å². The van der Waals surface area contributed by atoms with Gasteiger partial charge in [-0.2, -0.15) is 0 Å². The van der Waals surface area contributed by atoms with Gasteiger partial charge in [0.15, 0.2) is 0 Å². The molecule has 1 aliphatic rings. The zero-order valence-corrected chi connectivity index (χ0v) is 9.96. The van der Waals surface area contributed by atoms with Crippen LogP contribution in [0.5, 0.6) is 0 Å². The second-order valence-electron chi connectivity index (χ2n) is 4.34. The van der Waals surface area contributed by atoms with Crippen LogP contribution in [0.2, 0.25) is 0 Å². The Kier molecular flexibility index (Phi) is 3.57. The Morgan fingerprint density at radius 1 is 1.31 bits per heavy atom. The lowest BCUT2D eigenvalue weighted by atomic mass is 10.3. The lowest BCUT2D eigenvalue weighted by Gasteiger charge is -1.95. The largest absolute Gasteiger partial charge is 0.342 e. The first kappa shape index (κ1) is 11.1. The molecule has 1 aromatic heterocycles. The first-order valence-corrected chi connectivity index (χ1v) is 5.90. The number of hydrogen-bond donors (Lipinski definition) is 2. The summed E-state index contributed by atoms with van der Waals surface area (Å²) in [6, 6.07) is 8.81. The maximum atomic E-state index is 4.26. The highest BCUT2D eigenvalue weighted by Crippen LogP contribution is 2.08. The van der Waals surface area contributed by atoms with Gasteiger partial charge in [0, 0.05) is 6.04 Å². The highest BCUT2D eigenvalue weighted by Gasteiger charge is 2.05. The molecule has 3 heteroatoms. The smallest absolute Gasteiger partial charge is 0.104 e. The Morgan fingerprint density at radius 2 is 2.12 bits per heavy atom. The standard InChI is InChI=1S/C8H8N2.C5H11N/c1-6-9-7-4-2-3-5-8(7)10-6;1-5-3-2-4-6-5/h2-5H,1H3,(H,9,10);5-6H,2-4H2,1H3/t;5-/m.0/s1. The molecule has 0 bridgehead atoms. The van der Waals surface area contributed by atoms with Gasteiger partial charge in [0.2, 0.25) is 0 Å². The fourth-order valence-corrected chi connectivity index (χ4v) is 1.94. The number of fused-ring (bicyclic) bond motifs is 1. The number of imidazole rings is 1. The average Bonchev–Trinajstić information content (AvgIpc) is 2.86. The topological polar surface area (TPSA) is 40.7 Å². The number of nitrogens with zero attached hydrogens (tertiary/aromatic N) is 1. The fraction of sp³-hybridized carbons (Fsp3) is 0.462. The number of nitrogens with one attached hydrogen (secondary N) is 2. The lowest BCUT2D eigenvalue weighted by molar-refractivity contribution is 0.664. The quantitative estimate of drug-likeness (QED) is 0.712. The van der Waals surface area contributed by atoms with Gasteiger partial charge in [0.05, 0.1) is 11.0 Å². The van der Waals surface area contributed by atoms with Crippen molar-refractivity contribution >= 4 is 11.0 Å². The molecular formula is C13H19N3. The Balaban J connectivity index is 0.000000138. The molecule has 3 rings (SSSR count). The van der Waals surface area contributed by atoms with Crippen LogP contribution in [-0.2, 0) is 0 Å². The normalized spacial score (nSPS) is 19.5. The Bertz CT molecular complexity index is 408. The first-order valence-electron chi connectivity index (χ1n) is 5.90. The number of H-pyrrole nitrogens is 1. The van der Waals surface area contributed by atoms with E-state index in [9.17, 15) is 0 Å². The van der Waals surface area contributed by atoms with Gasteiger partial charge in [0.25, 0.3) is 0 Å². The van der Waals surface area contributed by atoms with Crippen molar-refractivity contribution in [3.05, 3.63) is 30.1 Å². The number of aromatic amines is 1. The third-order valence-corrected chi connectivity index (χ3v) is 2.81. The summed E-state index contributed by atoms with van der Waals surface area (Å²) in [4.78, 5) is 7.40. The van der Waals surface area contributed by atoms with Crippen LogP contribution in [0, 0.1) is 6.92 Å². The number of rotatable bonds is 0. The maximum absolute atomic E-state index is 4.26. The molecule has 1 atom stereocenters. The molecular weight excluding hydrogens is 198 g/mol. The summed E-state index contributed by atoms with van der Waals surface area (Å²) in [5.74, 6) is 0.973. The van der Waals surface area contributed by atoms with E-state index in [-0.39, 0.29) is 0 Å². The van der Waals surface area contributed by atoms with Crippen molar-refractivity contribution in [3.8, 4) is 0 Å². The predicted octanol–water partition coefficient (Wildman–Crippen LogP) is 2.63. The molecule has 3 nitrogen and oxygen atoms in total. The zero-order chi connectivity index (χ0) is 11.4. The molecule has 0 aliphatic carbocycles. The molecule has 1 saturated heterocycles. The zero-order valence-electron chi connectivity index (χ0n) is 9.96. The SMILES string of the molecule is C[C@H]1CCCN1.Cc1nc2ccccc2[nH]1. The van der Waals surface area contributed by atoms with E-state index >= 15 is 0 Å². The van der Waals surface area contributed by atoms with Crippen molar-refractivity contribution in [3.63, 3.8) is 0 Å². The van der Waals surface area contributed by atoms with Crippen molar-refractivity contribution in [2.75, 3.05) is 6.54 Å². The van der Waals surface area contributed by atoms with Crippen LogP contribution in [0.3, 0.4) is 0 Å². The molecule has 16 heavy (non-hydrogen) atoms. The van der Waals surface area contributed by atoms with Gasteiger partial charge in [0.1, 0.15) is 5.82 Å². The van der Waals surface area contributed by atoms with E-state index in [4.69, 9.17) is 0 Å². The molecule has 0 saturated carbocycles. The predicted molar refractivity (Wildman–Crippen MR) is 67.5 cm³/mol. The van der Waals surface area contributed by atoms with E-state index in [1.165, 1.54) is 19.4 Å². The van der Waals surface area contributed by atoms with Crippen LogP contribution in [0.15, 0.2) is 24.3 Å². The third-order valence-electron chi connectivity index (χ3n) is 2.81. The number of aromatic nitrogens is 2. The summed E-state index contributed by atoms with van der Waals surface area (Å²) in [7, 11) is 0. The van der Waals surface area contributed by atoms with Gasteiger partial charge >= 0.3 is 0 Å². The van der Waals surface area contributed by atoms with Gasteiger partial charge in [-0.1, -0.05) is 12.1 Å². The van der Waals surface area contributed by atoms with E-state index in [1.54, 1.807) is 0 Å². The molecule has 86 valence electrons. The summed E-state index contributed by atoms with van der Waals surface area (Å²) in [5, 5.41) is 3.32. The molecule has 0 spiro atoms. The van der Waals surface area contributed by atoms with Crippen molar-refractivity contribution in [1.82, 2.24) is 15.3 Å². The Labute approximate surface area is 96.3 Å². The maximum Gasteiger partial charge on any atom is 0.104 e. The summed E-state index contributed by atoms with van der Waals surface area (Å²) in [5.41, 5.74) is 2.15. The van der Waals surface area contributed by atoms with E-state index in [2.05, 4.69) is 22.2 Å². The summed E-state index contributed by atoms with van der Waals surface area (Å²) in [6.07, 6.45) is 2.75. The molecule has 2 heterocycles. The third kappa shape index (κ3) is 2.83. The highest BCUT2D eigenvalue weighted by molar-refractivity contribution is 5.74. The van der Waals surface area contributed by atoms with E-state index in [1.807, 2.05) is 31.2 Å². The molecule has 0 unspecified atom stereocenters. The van der Waals surface area contributed by atoms with Gasteiger partial charge in [-0.15, -0.1) is 0 Å². The van der Waals surface area contributed by atoms with E-state index in [0.717, 1.165) is 22.9 Å². The molecule has 2 aromatic rings. The minimum Gasteiger partial charge on any atom is -0.342 e. The lowest BCUT2D eigenvalue weighted by Crippen LogP contribution is -2.16. The Morgan fingerprint density at radius 3 is 2.69 bits per heavy atom. The minimum absolute atomic E-state index is 0.796. The summed E-state index contributed by atoms with van der Waals surface area (Å²) >= 11 is 0. The molecule has 2 N–H and O–H groups in total. The molecule has 0 radical (unpaired) electrons. The number of aryl methyl sites for hydroxylation is 1. The molecule has 1 aromatic carbocycles.